The minimum absolute atomic E-state index is 0.108. The Morgan fingerprint density at radius 1 is 0.485 bits per heavy atom. The molecule has 0 aromatic heterocycles. The standard InChI is InChI=1S/C27H14F2S4/c28-27(29)19-13-15(25-30-21-5-1-2-6-22(21)31-25)9-11-17(19)18-12-10-16(14-20(18)27)26-32-23-7-3-4-8-24(23)33-26/h1-14H. The van der Waals surface area contributed by atoms with Gasteiger partial charge < -0.3 is 0 Å². The monoisotopic (exact) mass is 504 g/mol. The molecule has 1 aliphatic carbocycles. The van der Waals surface area contributed by atoms with Crippen molar-refractivity contribution in [3.8, 4) is 0 Å². The van der Waals surface area contributed by atoms with Gasteiger partial charge in [0, 0.05) is 30.7 Å². The van der Waals surface area contributed by atoms with Gasteiger partial charge >= 0.3 is 0 Å². The van der Waals surface area contributed by atoms with Crippen molar-refractivity contribution < 1.29 is 8.78 Å². The molecule has 6 heteroatoms. The molecule has 0 unspecified atom stereocenters. The summed E-state index contributed by atoms with van der Waals surface area (Å²) in [5.41, 5.74) is 0.216. The van der Waals surface area contributed by atoms with Crippen LogP contribution in [0.3, 0.4) is 0 Å². The van der Waals surface area contributed by atoms with E-state index in [0.717, 1.165) is 18.9 Å². The smallest absolute Gasteiger partial charge is 0.196 e. The number of hydrogen-bond donors (Lipinski definition) is 0. The molecule has 2 aliphatic heterocycles. The van der Waals surface area contributed by atoms with E-state index in [2.05, 4.69) is 24.3 Å². The van der Waals surface area contributed by atoms with Crippen LogP contribution in [-0.4, -0.2) is 0 Å². The summed E-state index contributed by atoms with van der Waals surface area (Å²) in [7, 11) is 0. The Morgan fingerprint density at radius 3 is 1.21 bits per heavy atom. The SMILES string of the molecule is FC1(F)c2cc(=C3Sc4ccccc4S3)ccc2=c2ccc(=C3Sc4ccccc4S3)cc21. The summed E-state index contributed by atoms with van der Waals surface area (Å²) in [6.07, 6.45) is 0. The van der Waals surface area contributed by atoms with E-state index in [-0.39, 0.29) is 11.1 Å². The van der Waals surface area contributed by atoms with Gasteiger partial charge in [0.1, 0.15) is 0 Å². The van der Waals surface area contributed by atoms with Crippen molar-refractivity contribution in [2.24, 2.45) is 0 Å². The second kappa shape index (κ2) is 7.44. The highest BCUT2D eigenvalue weighted by atomic mass is 32.2. The highest BCUT2D eigenvalue weighted by Gasteiger charge is 2.40. The van der Waals surface area contributed by atoms with Crippen LogP contribution in [0.1, 0.15) is 11.1 Å². The van der Waals surface area contributed by atoms with Crippen LogP contribution in [-0.2, 0) is 5.92 Å². The average Bonchev–Trinajstić information content (AvgIpc) is 3.52. The molecule has 4 aromatic carbocycles. The molecule has 33 heavy (non-hydrogen) atoms. The van der Waals surface area contributed by atoms with Gasteiger partial charge in [-0.05, 0) is 57.3 Å². The van der Waals surface area contributed by atoms with Crippen molar-refractivity contribution in [1.29, 1.82) is 0 Å². The van der Waals surface area contributed by atoms with E-state index in [9.17, 15) is 0 Å². The first kappa shape index (κ1) is 20.3. The van der Waals surface area contributed by atoms with Crippen molar-refractivity contribution in [2.45, 2.75) is 25.5 Å². The predicted octanol–water partition coefficient (Wildman–Crippen LogP) is 7.35. The first-order chi connectivity index (χ1) is 16.1. The molecule has 4 aromatic rings. The first-order valence-electron chi connectivity index (χ1n) is 10.4. The van der Waals surface area contributed by atoms with Crippen LogP contribution in [0.2, 0.25) is 0 Å². The summed E-state index contributed by atoms with van der Waals surface area (Å²) in [6.45, 7) is 0. The lowest BCUT2D eigenvalue weighted by Gasteiger charge is -2.13. The Kier molecular flexibility index (Phi) is 4.57. The van der Waals surface area contributed by atoms with E-state index < -0.39 is 5.92 Å². The molecule has 0 spiro atoms. The average molecular weight is 505 g/mol. The highest BCUT2D eigenvalue weighted by Crippen LogP contribution is 2.52. The zero-order valence-corrected chi connectivity index (χ0v) is 20.2. The molecule has 0 fully saturated rings. The topological polar surface area (TPSA) is 0 Å². The fourth-order valence-corrected chi connectivity index (χ4v) is 9.34. The molecule has 0 amide bonds. The molecule has 0 saturated carbocycles. The third kappa shape index (κ3) is 3.15. The van der Waals surface area contributed by atoms with Gasteiger partial charge in [0.2, 0.25) is 0 Å². The Morgan fingerprint density at radius 2 is 0.848 bits per heavy atom. The third-order valence-corrected chi connectivity index (χ3v) is 11.2. The van der Waals surface area contributed by atoms with Crippen molar-refractivity contribution in [3.63, 3.8) is 0 Å². The van der Waals surface area contributed by atoms with Crippen molar-refractivity contribution in [3.05, 3.63) is 117 Å². The van der Waals surface area contributed by atoms with Gasteiger partial charge in [-0.2, -0.15) is 8.78 Å². The second-order valence-electron chi connectivity index (χ2n) is 7.97. The van der Waals surface area contributed by atoms with Crippen LogP contribution < -0.4 is 10.4 Å². The highest BCUT2D eigenvalue weighted by molar-refractivity contribution is 8.32. The predicted molar refractivity (Wildman–Crippen MR) is 136 cm³/mol. The number of benzene rings is 4. The van der Waals surface area contributed by atoms with E-state index >= 15 is 8.78 Å². The molecule has 0 saturated heterocycles. The fourth-order valence-electron chi connectivity index (χ4n) is 4.39. The molecule has 0 radical (unpaired) electrons. The van der Waals surface area contributed by atoms with Crippen molar-refractivity contribution >= 4 is 55.5 Å². The summed E-state index contributed by atoms with van der Waals surface area (Å²) < 4.78 is 33.6. The summed E-state index contributed by atoms with van der Waals surface area (Å²) in [6, 6.07) is 27.4. The Balaban J connectivity index is 1.37. The molecule has 0 bridgehead atoms. The minimum Gasteiger partial charge on any atom is -0.196 e. The molecule has 7 rings (SSSR count). The maximum atomic E-state index is 15.7. The zero-order chi connectivity index (χ0) is 22.2. The number of halogens is 2. The summed E-state index contributed by atoms with van der Waals surface area (Å²) in [5.74, 6) is -3.01. The van der Waals surface area contributed by atoms with Gasteiger partial charge in [-0.1, -0.05) is 95.6 Å². The second-order valence-corrected chi connectivity index (χ2v) is 12.7. The minimum atomic E-state index is -3.01. The Bertz CT molecular complexity index is 1530. The summed E-state index contributed by atoms with van der Waals surface area (Å²) in [4.78, 5) is 4.73. The number of hydrogen-bond acceptors (Lipinski definition) is 4. The molecule has 160 valence electrons. The fraction of sp³-hybridized carbons (Fsp3) is 0.0370. The summed E-state index contributed by atoms with van der Waals surface area (Å²) >= 11 is 6.63. The molecule has 2 heterocycles. The molecule has 0 N–H and O–H groups in total. The van der Waals surface area contributed by atoms with Crippen molar-refractivity contribution in [2.75, 3.05) is 0 Å². The molecule has 0 atom stereocenters. The third-order valence-electron chi connectivity index (χ3n) is 5.99. The van der Waals surface area contributed by atoms with Crippen LogP contribution in [0.5, 0.6) is 0 Å². The Labute approximate surface area is 205 Å². The quantitative estimate of drug-likeness (QED) is 0.245. The zero-order valence-electron chi connectivity index (χ0n) is 17.0. The van der Waals surface area contributed by atoms with E-state index in [1.54, 1.807) is 59.2 Å². The van der Waals surface area contributed by atoms with Gasteiger partial charge in [-0.3, -0.25) is 0 Å². The van der Waals surface area contributed by atoms with Gasteiger partial charge in [0.25, 0.3) is 5.92 Å². The van der Waals surface area contributed by atoms with Crippen molar-refractivity contribution in [1.82, 2.24) is 0 Å². The lowest BCUT2D eigenvalue weighted by atomic mass is 10.1. The van der Waals surface area contributed by atoms with Gasteiger partial charge in [-0.25, -0.2) is 0 Å². The molecule has 3 aliphatic rings. The summed E-state index contributed by atoms with van der Waals surface area (Å²) in [5, 5.41) is 2.99. The Hall–Kier alpha value is -2.12. The molecular formula is C27H14F2S4. The largest absolute Gasteiger partial charge is 0.299 e. The number of thioether (sulfide) groups is 4. The van der Waals surface area contributed by atoms with Crippen LogP contribution in [0.25, 0.3) is 8.47 Å². The van der Waals surface area contributed by atoms with E-state index in [4.69, 9.17) is 0 Å². The molecule has 0 nitrogen and oxygen atoms in total. The number of rotatable bonds is 0. The van der Waals surface area contributed by atoms with Crippen LogP contribution in [0.4, 0.5) is 8.78 Å². The van der Waals surface area contributed by atoms with Gasteiger partial charge in [0.15, 0.2) is 0 Å². The lowest BCUT2D eigenvalue weighted by molar-refractivity contribution is 0.0452. The van der Waals surface area contributed by atoms with E-state index in [1.165, 1.54) is 19.6 Å². The van der Waals surface area contributed by atoms with Gasteiger partial charge in [-0.15, -0.1) is 0 Å². The number of alkyl halides is 2. The lowest BCUT2D eigenvalue weighted by Crippen LogP contribution is -2.17. The van der Waals surface area contributed by atoms with Crippen LogP contribution in [0, 0.1) is 10.4 Å². The van der Waals surface area contributed by atoms with E-state index in [0.29, 0.717) is 10.4 Å². The maximum absolute atomic E-state index is 15.7. The van der Waals surface area contributed by atoms with Crippen LogP contribution >= 0.6 is 47.0 Å². The van der Waals surface area contributed by atoms with Gasteiger partial charge in [0.05, 0.1) is 8.47 Å². The first-order valence-corrected chi connectivity index (χ1v) is 13.7. The molecular weight excluding hydrogens is 491 g/mol. The van der Waals surface area contributed by atoms with E-state index in [1.807, 2.05) is 48.5 Å². The number of fused-ring (bicyclic) bond motifs is 4. The normalized spacial score (nSPS) is 17.0. The maximum Gasteiger partial charge on any atom is 0.299 e. The van der Waals surface area contributed by atoms with Crippen LogP contribution in [0.15, 0.2) is 105 Å².